The molecule has 0 aromatic rings. The van der Waals surface area contributed by atoms with Gasteiger partial charge in [0.1, 0.15) is 19.3 Å². The first-order chi connectivity index (χ1) is 49.7. The van der Waals surface area contributed by atoms with E-state index in [9.17, 15) is 43.2 Å². The largest absolute Gasteiger partial charge is 0.472 e. The number of aliphatic hydroxyl groups is 1. The number of unbranched alkanes of at least 4 members (excludes halogenated alkanes) is 34. The average molecular weight is 1480 g/mol. The Labute approximate surface area is 620 Å². The lowest BCUT2D eigenvalue weighted by atomic mass is 10.1. The van der Waals surface area contributed by atoms with Crippen molar-refractivity contribution in [1.82, 2.24) is 0 Å². The first-order valence-electron chi connectivity index (χ1n) is 40.5. The molecule has 17 nitrogen and oxygen atoms in total. The Kier molecular flexibility index (Phi) is 72.3. The Bertz CT molecular complexity index is 2310. The molecule has 0 amide bonds. The zero-order valence-corrected chi connectivity index (χ0v) is 66.3. The molecule has 102 heavy (non-hydrogen) atoms. The maximum absolute atomic E-state index is 13.1. The minimum Gasteiger partial charge on any atom is -0.462 e. The van der Waals surface area contributed by atoms with Crippen molar-refractivity contribution in [3.8, 4) is 0 Å². The van der Waals surface area contributed by atoms with Crippen molar-refractivity contribution >= 4 is 39.5 Å². The van der Waals surface area contributed by atoms with E-state index in [1.165, 1.54) is 103 Å². The van der Waals surface area contributed by atoms with Gasteiger partial charge in [0.15, 0.2) is 12.2 Å². The number of aliphatic hydroxyl groups excluding tert-OH is 1. The fourth-order valence-corrected chi connectivity index (χ4v) is 12.3. The first-order valence-corrected chi connectivity index (χ1v) is 43.5. The third-order valence-electron chi connectivity index (χ3n) is 17.0. The van der Waals surface area contributed by atoms with Gasteiger partial charge in [-0.3, -0.25) is 37.3 Å². The fourth-order valence-electron chi connectivity index (χ4n) is 10.8. The predicted molar refractivity (Wildman–Crippen MR) is 418 cm³/mol. The Morgan fingerprint density at radius 1 is 0.275 bits per heavy atom. The van der Waals surface area contributed by atoms with Crippen molar-refractivity contribution < 1.29 is 80.2 Å². The number of carbonyl (C=O) groups is 4. The minimum atomic E-state index is -4.99. The highest BCUT2D eigenvalue weighted by molar-refractivity contribution is 7.47. The van der Waals surface area contributed by atoms with Crippen LogP contribution < -0.4 is 0 Å². The molecule has 590 valence electrons. The summed E-state index contributed by atoms with van der Waals surface area (Å²) in [5, 5.41) is 10.6. The molecule has 0 aliphatic heterocycles. The number of rotatable bonds is 76. The van der Waals surface area contributed by atoms with Crippen LogP contribution in [0.1, 0.15) is 349 Å². The van der Waals surface area contributed by atoms with E-state index in [0.717, 1.165) is 161 Å². The summed E-state index contributed by atoms with van der Waals surface area (Å²) in [6.45, 7) is 4.75. The molecule has 3 N–H and O–H groups in total. The highest BCUT2D eigenvalue weighted by Gasteiger charge is 2.30. The lowest BCUT2D eigenvalue weighted by Gasteiger charge is -2.21. The monoisotopic (exact) mass is 1480 g/mol. The van der Waals surface area contributed by atoms with E-state index in [1.807, 2.05) is 12.2 Å². The van der Waals surface area contributed by atoms with Crippen molar-refractivity contribution in [3.63, 3.8) is 0 Å². The van der Waals surface area contributed by atoms with Crippen LogP contribution in [-0.2, 0) is 65.4 Å². The van der Waals surface area contributed by atoms with Crippen LogP contribution in [0.15, 0.2) is 97.2 Å². The molecule has 0 heterocycles. The van der Waals surface area contributed by atoms with Crippen LogP contribution in [0.25, 0.3) is 0 Å². The van der Waals surface area contributed by atoms with Crippen molar-refractivity contribution in [2.75, 3.05) is 39.6 Å². The topological polar surface area (TPSA) is 237 Å². The number of carbonyl (C=O) groups excluding carboxylic acids is 4. The zero-order valence-electron chi connectivity index (χ0n) is 64.5. The van der Waals surface area contributed by atoms with E-state index in [1.54, 1.807) is 0 Å². The summed E-state index contributed by atoms with van der Waals surface area (Å²) in [4.78, 5) is 73.0. The highest BCUT2D eigenvalue weighted by atomic mass is 31.2. The summed E-state index contributed by atoms with van der Waals surface area (Å²) < 4.78 is 68.6. The van der Waals surface area contributed by atoms with Gasteiger partial charge >= 0.3 is 39.5 Å². The third kappa shape index (κ3) is 74.3. The van der Waals surface area contributed by atoms with E-state index in [2.05, 4.69) is 113 Å². The minimum absolute atomic E-state index is 0.0673. The summed E-state index contributed by atoms with van der Waals surface area (Å²) in [7, 11) is -9.97. The summed E-state index contributed by atoms with van der Waals surface area (Å²) in [5.41, 5.74) is 0. The number of hydrogen-bond donors (Lipinski definition) is 3. The second-order valence-corrected chi connectivity index (χ2v) is 29.9. The summed E-state index contributed by atoms with van der Waals surface area (Å²) in [6, 6.07) is 0. The maximum Gasteiger partial charge on any atom is 0.472 e. The number of hydrogen-bond acceptors (Lipinski definition) is 15. The average Bonchev–Trinajstić information content (AvgIpc) is 0.923. The highest BCUT2D eigenvalue weighted by Crippen LogP contribution is 2.45. The van der Waals surface area contributed by atoms with Gasteiger partial charge in [0, 0.05) is 25.7 Å². The van der Waals surface area contributed by atoms with Crippen molar-refractivity contribution in [1.29, 1.82) is 0 Å². The van der Waals surface area contributed by atoms with Crippen LogP contribution in [0, 0.1) is 0 Å². The second kappa shape index (κ2) is 75.2. The second-order valence-electron chi connectivity index (χ2n) is 27.0. The Morgan fingerprint density at radius 2 is 0.490 bits per heavy atom. The van der Waals surface area contributed by atoms with E-state index < -0.39 is 97.5 Å². The fraction of sp³-hybridized carbons (Fsp3) is 0.759. The van der Waals surface area contributed by atoms with E-state index >= 15 is 0 Å². The molecule has 5 atom stereocenters. The van der Waals surface area contributed by atoms with Gasteiger partial charge < -0.3 is 33.8 Å². The summed E-state index contributed by atoms with van der Waals surface area (Å²) in [5.74, 6) is -2.25. The molecule has 0 aromatic carbocycles. The standard InChI is InChI=1S/C83H146O17P2/c1-5-9-13-17-21-25-29-33-37-38-42-44-48-52-56-60-64-68-81(86)94-74-79(100-83(88)70-66-62-58-54-50-46-41-36-32-28-24-20-16-12-8-4)76-98-102(91,92)96-72-77(84)71-95-101(89,90)97-75-78(99-82(87)69-65-61-57-53-49-45-40-35-31-27-23-19-15-11-7-3)73-93-80(85)67-63-59-55-51-47-43-39-34-30-26-22-18-14-10-6-2/h21,24-25,27-28,31,33-34,36-37,39,41-42,44,52,56,77-79,84H,5-20,22-23,26,29-30,32,35,38,40,43,45-51,53-55,57-76H2,1-4H3,(H,89,90)(H,91,92)/b25-21-,28-24-,31-27-,37-33-,39-34-,41-36-,44-42-,56-52-/t77-,78+,79+/m0/s1. The number of phosphoric ester groups is 2. The molecule has 0 saturated carbocycles. The lowest BCUT2D eigenvalue weighted by Crippen LogP contribution is -2.30. The van der Waals surface area contributed by atoms with Crippen LogP contribution in [0.2, 0.25) is 0 Å². The molecule has 0 saturated heterocycles. The molecule has 0 fully saturated rings. The number of allylic oxidation sites excluding steroid dienone is 16. The van der Waals surface area contributed by atoms with Crippen molar-refractivity contribution in [3.05, 3.63) is 97.2 Å². The zero-order chi connectivity index (χ0) is 74.6. The van der Waals surface area contributed by atoms with Gasteiger partial charge in [0.05, 0.1) is 26.4 Å². The molecule has 0 radical (unpaired) electrons. The smallest absolute Gasteiger partial charge is 0.462 e. The Morgan fingerprint density at radius 3 is 0.814 bits per heavy atom. The molecule has 19 heteroatoms. The van der Waals surface area contributed by atoms with E-state index in [0.29, 0.717) is 32.1 Å². The van der Waals surface area contributed by atoms with Gasteiger partial charge in [-0.1, -0.05) is 273 Å². The molecule has 0 aromatic heterocycles. The predicted octanol–water partition coefficient (Wildman–Crippen LogP) is 23.6. The molecule has 0 aliphatic carbocycles. The quantitative estimate of drug-likeness (QED) is 0.0169. The number of ether oxygens (including phenoxy) is 4. The van der Waals surface area contributed by atoms with Crippen LogP contribution in [-0.4, -0.2) is 96.7 Å². The Balaban J connectivity index is 5.41. The van der Waals surface area contributed by atoms with Crippen LogP contribution in [0.3, 0.4) is 0 Å². The van der Waals surface area contributed by atoms with Crippen molar-refractivity contribution in [2.45, 2.75) is 367 Å². The normalized spacial score (nSPS) is 14.4. The summed E-state index contributed by atoms with van der Waals surface area (Å²) >= 11 is 0. The molecular weight excluding hydrogens is 1330 g/mol. The molecule has 0 aliphatic rings. The van der Waals surface area contributed by atoms with E-state index in [4.69, 9.17) is 37.0 Å². The van der Waals surface area contributed by atoms with Gasteiger partial charge in [0.25, 0.3) is 0 Å². The third-order valence-corrected chi connectivity index (χ3v) is 18.9. The van der Waals surface area contributed by atoms with Gasteiger partial charge in [-0.05, 0) is 148 Å². The SMILES string of the molecule is CCCCC/C=C\C/C=C\C/C=C\C/C=C\CCCC(=O)OC[C@H](COP(=O)(O)OC[C@@H](O)COP(=O)(O)OC[C@@H](COC(=O)CCCCCCC/C=C\CCCCCCCC)OC(=O)CCCCCCCCC/C=C\CCCCCC)OC(=O)CCCCCCC/C=C\C/C=C\CCCCC. The molecule has 2 unspecified atom stereocenters. The van der Waals surface area contributed by atoms with E-state index in [-0.39, 0.29) is 25.7 Å². The van der Waals surface area contributed by atoms with Gasteiger partial charge in [0.2, 0.25) is 0 Å². The lowest BCUT2D eigenvalue weighted by molar-refractivity contribution is -0.161. The Hall–Kier alpha value is -4.02. The molecule has 0 bridgehead atoms. The van der Waals surface area contributed by atoms with Crippen molar-refractivity contribution in [2.24, 2.45) is 0 Å². The number of phosphoric acid groups is 2. The first kappa shape index (κ1) is 98.0. The molecule has 0 rings (SSSR count). The van der Waals surface area contributed by atoms with Crippen LogP contribution in [0.5, 0.6) is 0 Å². The molecule has 0 spiro atoms. The number of esters is 4. The van der Waals surface area contributed by atoms with Gasteiger partial charge in [-0.15, -0.1) is 0 Å². The van der Waals surface area contributed by atoms with Gasteiger partial charge in [-0.25, -0.2) is 9.13 Å². The van der Waals surface area contributed by atoms with Crippen LogP contribution in [0.4, 0.5) is 0 Å². The maximum atomic E-state index is 13.1. The van der Waals surface area contributed by atoms with Crippen LogP contribution >= 0.6 is 15.6 Å². The van der Waals surface area contributed by atoms with Gasteiger partial charge in [-0.2, -0.15) is 0 Å². The molecular formula is C83H146O17P2. The summed E-state index contributed by atoms with van der Waals surface area (Å²) in [6.07, 6.45) is 79.5.